The van der Waals surface area contributed by atoms with Crippen LogP contribution in [-0.4, -0.2) is 77.6 Å². The van der Waals surface area contributed by atoms with Crippen molar-refractivity contribution in [1.29, 1.82) is 0 Å². The summed E-state index contributed by atoms with van der Waals surface area (Å²) >= 11 is 0. The minimum Gasteiger partial charge on any atom is -0.479 e. The predicted octanol–water partition coefficient (Wildman–Crippen LogP) is 4.69. The molecule has 0 radical (unpaired) electrons. The number of aryl methyl sites for hydroxylation is 1. The number of hydrogen-bond donors (Lipinski definition) is 1. The molecule has 9 nitrogen and oxygen atoms in total. The number of halogens is 2. The molecule has 1 aliphatic heterocycles. The van der Waals surface area contributed by atoms with Crippen molar-refractivity contribution in [2.75, 3.05) is 33.9 Å². The Labute approximate surface area is 257 Å². The van der Waals surface area contributed by atoms with Gasteiger partial charge in [-0.05, 0) is 49.6 Å². The molecular weight excluding hydrogens is 568 g/mol. The largest absolute Gasteiger partial charge is 0.479 e. The van der Waals surface area contributed by atoms with E-state index in [9.17, 15) is 14.0 Å². The van der Waals surface area contributed by atoms with Crippen LogP contribution >= 0.6 is 0 Å². The van der Waals surface area contributed by atoms with Gasteiger partial charge in [-0.15, -0.1) is 0 Å². The zero-order chi connectivity index (χ0) is 32.0. The van der Waals surface area contributed by atoms with Crippen LogP contribution < -0.4 is 10.1 Å². The topological polar surface area (TPSA) is 96.9 Å². The molecule has 0 aliphatic carbocycles. The molecule has 0 bridgehead atoms. The monoisotopic (exact) mass is 609 g/mol. The molecule has 1 fully saturated rings. The Bertz CT molecular complexity index is 1450. The molecule has 2 aromatic heterocycles. The number of methoxy groups -OCH3 is 2. The number of piperazine rings is 1. The van der Waals surface area contributed by atoms with E-state index in [1.807, 2.05) is 49.9 Å². The zero-order valence-electron chi connectivity index (χ0n) is 26.1. The number of nitrogens with one attached hydrogen (secondary N) is 1. The summed E-state index contributed by atoms with van der Waals surface area (Å²) < 4.78 is 39.4. The van der Waals surface area contributed by atoms with Crippen LogP contribution in [0, 0.1) is 24.5 Å². The van der Waals surface area contributed by atoms with Crippen LogP contribution in [0.5, 0.6) is 5.88 Å². The number of hydrogen-bond acceptors (Lipinski definition) is 7. The first-order valence-corrected chi connectivity index (χ1v) is 14.8. The van der Waals surface area contributed by atoms with Crippen molar-refractivity contribution in [3.05, 3.63) is 77.1 Å². The van der Waals surface area contributed by atoms with E-state index in [0.29, 0.717) is 36.5 Å². The van der Waals surface area contributed by atoms with Crippen molar-refractivity contribution >= 4 is 11.8 Å². The van der Waals surface area contributed by atoms with Crippen molar-refractivity contribution in [3.8, 4) is 17.1 Å². The molecule has 3 atom stereocenters. The van der Waals surface area contributed by atoms with E-state index in [-0.39, 0.29) is 48.6 Å². The lowest BCUT2D eigenvalue weighted by Gasteiger charge is -2.47. The highest BCUT2D eigenvalue weighted by Crippen LogP contribution is 2.31. The highest BCUT2D eigenvalue weighted by molar-refractivity contribution is 5.89. The first kappa shape index (κ1) is 32.9. The molecule has 4 rings (SSSR count). The van der Waals surface area contributed by atoms with Crippen LogP contribution in [0.3, 0.4) is 0 Å². The quantitative estimate of drug-likeness (QED) is 0.337. The van der Waals surface area contributed by atoms with Gasteiger partial charge in [0.05, 0.1) is 24.5 Å². The number of ether oxygens (including phenoxy) is 2. The molecule has 236 valence electrons. The molecule has 0 saturated carbocycles. The second-order valence-corrected chi connectivity index (χ2v) is 11.4. The van der Waals surface area contributed by atoms with Crippen LogP contribution in [0.25, 0.3) is 11.3 Å². The molecule has 44 heavy (non-hydrogen) atoms. The maximum absolute atomic E-state index is 15.3. The lowest BCUT2D eigenvalue weighted by Crippen LogP contribution is -2.65. The fraction of sp³-hybridized carbons (Fsp3) is 0.455. The molecular formula is C33H41F2N5O4. The molecule has 3 aromatic rings. The average molecular weight is 610 g/mol. The number of benzene rings is 1. The van der Waals surface area contributed by atoms with Gasteiger partial charge < -0.3 is 19.7 Å². The fourth-order valence-electron chi connectivity index (χ4n) is 5.59. The minimum absolute atomic E-state index is 0.0829. The Morgan fingerprint density at radius 3 is 2.45 bits per heavy atom. The number of carbonyl (C=O) groups is 2. The van der Waals surface area contributed by atoms with Gasteiger partial charge in [-0.3, -0.25) is 19.5 Å². The van der Waals surface area contributed by atoms with Gasteiger partial charge in [0.15, 0.2) is 5.82 Å². The number of rotatable bonds is 11. The van der Waals surface area contributed by atoms with Crippen LogP contribution in [-0.2, 0) is 20.9 Å². The summed E-state index contributed by atoms with van der Waals surface area (Å²) in [6, 6.07) is 10.4. The summed E-state index contributed by atoms with van der Waals surface area (Å²) in [7, 11) is 2.95. The minimum atomic E-state index is -0.790. The molecule has 0 spiro atoms. The molecule has 0 unspecified atom stereocenters. The van der Waals surface area contributed by atoms with Crippen molar-refractivity contribution in [2.45, 2.75) is 58.8 Å². The van der Waals surface area contributed by atoms with E-state index in [1.54, 1.807) is 37.3 Å². The van der Waals surface area contributed by atoms with Crippen LogP contribution in [0.4, 0.5) is 8.78 Å². The van der Waals surface area contributed by atoms with E-state index in [0.717, 1.165) is 11.1 Å². The molecule has 2 amide bonds. The van der Waals surface area contributed by atoms with Gasteiger partial charge in [0.25, 0.3) is 5.88 Å². The van der Waals surface area contributed by atoms with Gasteiger partial charge in [-0.25, -0.2) is 13.8 Å². The molecule has 1 aromatic carbocycles. The average Bonchev–Trinajstić information content (AvgIpc) is 3.01. The lowest BCUT2D eigenvalue weighted by atomic mass is 9.97. The van der Waals surface area contributed by atoms with Gasteiger partial charge in [0, 0.05) is 57.1 Å². The third kappa shape index (κ3) is 7.39. The van der Waals surface area contributed by atoms with Crippen molar-refractivity contribution in [1.82, 2.24) is 25.1 Å². The van der Waals surface area contributed by atoms with Crippen molar-refractivity contribution < 1.29 is 27.8 Å². The maximum atomic E-state index is 15.3. The van der Waals surface area contributed by atoms with Gasteiger partial charge in [-0.1, -0.05) is 38.1 Å². The van der Waals surface area contributed by atoms with E-state index >= 15 is 4.39 Å². The Hall–Kier alpha value is -3.96. The number of amides is 2. The van der Waals surface area contributed by atoms with E-state index < -0.39 is 17.9 Å². The van der Waals surface area contributed by atoms with Crippen LogP contribution in [0.1, 0.15) is 50.1 Å². The van der Waals surface area contributed by atoms with Gasteiger partial charge in [0.2, 0.25) is 11.8 Å². The second-order valence-electron chi connectivity index (χ2n) is 11.4. The highest BCUT2D eigenvalue weighted by atomic mass is 19.1. The zero-order valence-corrected chi connectivity index (χ0v) is 26.1. The SMILES string of the molecule is COCC[C@H](c1nccc(C)c1F)N1C[C@@H](C)N(C(=O)C(C)C)[C@@H](C(=O)NCc2ccc(-c3ccc(F)c(OC)n3)cc2)C1. The number of carbonyl (C=O) groups excluding carboxylic acids is 2. The summed E-state index contributed by atoms with van der Waals surface area (Å²) in [4.78, 5) is 39.4. The third-order valence-electron chi connectivity index (χ3n) is 7.95. The predicted molar refractivity (Wildman–Crippen MR) is 163 cm³/mol. The molecule has 3 heterocycles. The van der Waals surface area contributed by atoms with Crippen molar-refractivity contribution in [2.24, 2.45) is 5.92 Å². The molecule has 11 heteroatoms. The summed E-state index contributed by atoms with van der Waals surface area (Å²) in [6.45, 7) is 8.53. The number of nitrogens with zero attached hydrogens (tertiary/aromatic N) is 4. The Morgan fingerprint density at radius 2 is 1.80 bits per heavy atom. The standard InChI is InChI=1S/C33H41F2N5O4/c1-20(2)33(42)40-22(4)18-39(27(14-16-43-5)30-29(35)21(3)13-15-36-30)19-28(40)31(41)37-17-23-7-9-24(10-8-23)26-12-11-25(34)32(38-26)44-6/h7-13,15,20,22,27-28H,14,16-19H2,1-6H3,(H,37,41)/t22-,27-,28-/m1/s1. The van der Waals surface area contributed by atoms with Crippen LogP contribution in [0.2, 0.25) is 0 Å². The van der Waals surface area contributed by atoms with Gasteiger partial charge >= 0.3 is 0 Å². The third-order valence-corrected chi connectivity index (χ3v) is 7.95. The highest BCUT2D eigenvalue weighted by Gasteiger charge is 2.42. The number of pyridine rings is 2. The normalized spacial score (nSPS) is 17.9. The first-order valence-electron chi connectivity index (χ1n) is 14.8. The van der Waals surface area contributed by atoms with Gasteiger partial charge in [-0.2, -0.15) is 0 Å². The summed E-state index contributed by atoms with van der Waals surface area (Å²) in [5.41, 5.74) is 2.96. The maximum Gasteiger partial charge on any atom is 0.250 e. The first-order chi connectivity index (χ1) is 21.0. The van der Waals surface area contributed by atoms with Crippen molar-refractivity contribution in [3.63, 3.8) is 0 Å². The second kappa shape index (κ2) is 14.7. The number of aromatic nitrogens is 2. The van der Waals surface area contributed by atoms with Crippen LogP contribution in [0.15, 0.2) is 48.7 Å². The Morgan fingerprint density at radius 1 is 1.07 bits per heavy atom. The lowest BCUT2D eigenvalue weighted by molar-refractivity contribution is -0.151. The molecule has 1 saturated heterocycles. The van der Waals surface area contributed by atoms with E-state index in [1.165, 1.54) is 13.2 Å². The van der Waals surface area contributed by atoms with E-state index in [2.05, 4.69) is 15.3 Å². The summed E-state index contributed by atoms with van der Waals surface area (Å²) in [5.74, 6) is -1.71. The van der Waals surface area contributed by atoms with Gasteiger partial charge in [0.1, 0.15) is 11.9 Å². The summed E-state index contributed by atoms with van der Waals surface area (Å²) in [6.07, 6.45) is 2.07. The Balaban J connectivity index is 1.55. The Kier molecular flexibility index (Phi) is 11.0. The fourth-order valence-corrected chi connectivity index (χ4v) is 5.59. The smallest absolute Gasteiger partial charge is 0.250 e. The molecule has 1 N–H and O–H groups in total. The molecule has 1 aliphatic rings. The van der Waals surface area contributed by atoms with E-state index in [4.69, 9.17) is 9.47 Å². The summed E-state index contributed by atoms with van der Waals surface area (Å²) in [5, 5.41) is 3.00.